The SMILES string of the molecule is CC(=O)c1ccc2c(c1)[C@@H]1[C@H](Cl)[C@H](Sc3ccccc3[N+](=O)[O-])C[C@@H]1[C@H](c1ccc(Cl)cc1Cl)N2. The van der Waals surface area contributed by atoms with E-state index >= 15 is 0 Å². The van der Waals surface area contributed by atoms with Crippen LogP contribution in [0.25, 0.3) is 0 Å². The molecule has 3 aromatic carbocycles. The van der Waals surface area contributed by atoms with Crippen molar-refractivity contribution in [2.75, 3.05) is 5.32 Å². The number of nitrogens with one attached hydrogen (secondary N) is 1. The van der Waals surface area contributed by atoms with E-state index in [2.05, 4.69) is 5.32 Å². The number of hydrogen-bond donors (Lipinski definition) is 1. The summed E-state index contributed by atoms with van der Waals surface area (Å²) in [4.78, 5) is 23.9. The Morgan fingerprint density at radius 3 is 2.57 bits per heavy atom. The molecular weight excluding hydrogens is 527 g/mol. The normalized spacial score (nSPS) is 24.9. The number of hydrogen-bond acceptors (Lipinski definition) is 5. The molecule has 180 valence electrons. The standard InChI is InChI=1S/C26H21Cl3N2O3S/c1-13(32)14-6-9-20-17(10-14)24-18(26(30-20)16-8-7-15(27)11-19(16)28)12-23(25(24)29)35-22-5-3-2-4-21(22)31(33)34/h2-11,18,23-26,30H,12H2,1H3/t18-,23+,24-,25+,26-/m0/s1. The minimum atomic E-state index is -0.361. The number of rotatable bonds is 5. The van der Waals surface area contributed by atoms with E-state index in [9.17, 15) is 14.9 Å². The van der Waals surface area contributed by atoms with Crippen LogP contribution >= 0.6 is 46.6 Å². The number of alkyl halides is 1. The molecule has 0 aromatic heterocycles. The van der Waals surface area contributed by atoms with E-state index in [-0.39, 0.29) is 44.9 Å². The van der Waals surface area contributed by atoms with Gasteiger partial charge in [0.25, 0.3) is 5.69 Å². The molecule has 2 aliphatic rings. The molecule has 0 unspecified atom stereocenters. The Labute approximate surface area is 222 Å². The molecule has 1 heterocycles. The number of Topliss-reactive ketones (excluding diaryl/α,β-unsaturated/α-hetero) is 1. The molecule has 35 heavy (non-hydrogen) atoms. The second kappa shape index (κ2) is 9.66. The largest absolute Gasteiger partial charge is 0.378 e. The zero-order valence-corrected chi connectivity index (χ0v) is 21.7. The first-order valence-electron chi connectivity index (χ1n) is 11.1. The maximum absolute atomic E-state index is 12.1. The van der Waals surface area contributed by atoms with E-state index in [4.69, 9.17) is 34.8 Å². The van der Waals surface area contributed by atoms with Crippen molar-refractivity contribution in [3.63, 3.8) is 0 Å². The summed E-state index contributed by atoms with van der Waals surface area (Å²) >= 11 is 21.4. The van der Waals surface area contributed by atoms with Gasteiger partial charge in [0, 0.05) is 38.5 Å². The number of carbonyl (C=O) groups is 1. The van der Waals surface area contributed by atoms with Crippen LogP contribution in [-0.4, -0.2) is 21.3 Å². The van der Waals surface area contributed by atoms with Crippen LogP contribution in [0.3, 0.4) is 0 Å². The first-order valence-corrected chi connectivity index (χ1v) is 13.2. The molecule has 0 bridgehead atoms. The number of halogens is 3. The van der Waals surface area contributed by atoms with Crippen molar-refractivity contribution < 1.29 is 9.72 Å². The van der Waals surface area contributed by atoms with Gasteiger partial charge in [0.2, 0.25) is 0 Å². The van der Waals surface area contributed by atoms with Gasteiger partial charge < -0.3 is 5.32 Å². The lowest BCUT2D eigenvalue weighted by Gasteiger charge is -2.39. The summed E-state index contributed by atoms with van der Waals surface area (Å²) in [7, 11) is 0. The zero-order valence-electron chi connectivity index (χ0n) is 18.6. The fourth-order valence-electron chi connectivity index (χ4n) is 5.27. The van der Waals surface area contributed by atoms with Crippen molar-refractivity contribution >= 4 is 63.7 Å². The first-order chi connectivity index (χ1) is 16.7. The molecule has 0 amide bonds. The van der Waals surface area contributed by atoms with Crippen molar-refractivity contribution in [3.8, 4) is 0 Å². The highest BCUT2D eigenvalue weighted by Gasteiger charge is 2.50. The number of thioether (sulfide) groups is 1. The van der Waals surface area contributed by atoms with Crippen molar-refractivity contribution in [1.82, 2.24) is 0 Å². The third kappa shape index (κ3) is 4.53. The fraction of sp³-hybridized carbons (Fsp3) is 0.269. The van der Waals surface area contributed by atoms with E-state index in [1.54, 1.807) is 31.2 Å². The Morgan fingerprint density at radius 1 is 1.09 bits per heavy atom. The Kier molecular flexibility index (Phi) is 6.75. The maximum Gasteiger partial charge on any atom is 0.282 e. The van der Waals surface area contributed by atoms with E-state index in [1.165, 1.54) is 17.8 Å². The second-order valence-electron chi connectivity index (χ2n) is 8.90. The summed E-state index contributed by atoms with van der Waals surface area (Å²) in [6.45, 7) is 1.55. The van der Waals surface area contributed by atoms with E-state index in [0.29, 0.717) is 20.5 Å². The number of ketones is 1. The molecular formula is C26H21Cl3N2O3S. The summed E-state index contributed by atoms with van der Waals surface area (Å²) in [6.07, 6.45) is 0.718. The van der Waals surface area contributed by atoms with Gasteiger partial charge >= 0.3 is 0 Å². The minimum absolute atomic E-state index is 0.0119. The van der Waals surface area contributed by atoms with Crippen LogP contribution in [0.2, 0.25) is 10.0 Å². The lowest BCUT2D eigenvalue weighted by atomic mass is 9.76. The van der Waals surface area contributed by atoms with Crippen molar-refractivity contribution in [1.29, 1.82) is 0 Å². The minimum Gasteiger partial charge on any atom is -0.378 e. The number of anilines is 1. The lowest BCUT2D eigenvalue weighted by molar-refractivity contribution is -0.387. The molecule has 1 aliphatic heterocycles. The van der Waals surface area contributed by atoms with E-state index in [1.807, 2.05) is 30.3 Å². The maximum atomic E-state index is 12.1. The molecule has 1 saturated carbocycles. The predicted octanol–water partition coefficient (Wildman–Crippen LogP) is 8.14. The Bertz CT molecular complexity index is 1330. The summed E-state index contributed by atoms with van der Waals surface area (Å²) in [5.41, 5.74) is 3.54. The van der Waals surface area contributed by atoms with Crippen LogP contribution in [0.5, 0.6) is 0 Å². The summed E-state index contributed by atoms with van der Waals surface area (Å²) in [5, 5.41) is 16.0. The van der Waals surface area contributed by atoms with Gasteiger partial charge in [0.05, 0.1) is 21.2 Å². The average Bonchev–Trinajstić information content (AvgIpc) is 3.15. The molecule has 0 spiro atoms. The highest BCUT2D eigenvalue weighted by atomic mass is 35.5. The van der Waals surface area contributed by atoms with Crippen molar-refractivity contribution in [3.05, 3.63) is 97.5 Å². The fourth-order valence-corrected chi connectivity index (χ4v) is 7.74. The van der Waals surface area contributed by atoms with Gasteiger partial charge in [-0.1, -0.05) is 41.4 Å². The molecule has 1 N–H and O–H groups in total. The van der Waals surface area contributed by atoms with Gasteiger partial charge in [-0.2, -0.15) is 0 Å². The number of nitro groups is 1. The first kappa shape index (κ1) is 24.4. The number of nitrogens with zero attached hydrogens (tertiary/aromatic N) is 1. The smallest absolute Gasteiger partial charge is 0.282 e. The molecule has 5 atom stereocenters. The Morgan fingerprint density at radius 2 is 1.86 bits per heavy atom. The molecule has 0 saturated heterocycles. The summed E-state index contributed by atoms with van der Waals surface area (Å²) in [5.74, 6) is -0.0162. The van der Waals surface area contributed by atoms with E-state index < -0.39 is 0 Å². The number of fused-ring (bicyclic) bond motifs is 3. The topological polar surface area (TPSA) is 72.2 Å². The van der Waals surface area contributed by atoms with Crippen LogP contribution in [0.4, 0.5) is 11.4 Å². The molecule has 9 heteroatoms. The van der Waals surface area contributed by atoms with Crippen LogP contribution in [-0.2, 0) is 0 Å². The van der Waals surface area contributed by atoms with Crippen molar-refractivity contribution in [2.45, 2.75) is 40.8 Å². The van der Waals surface area contributed by atoms with Gasteiger partial charge in [-0.3, -0.25) is 14.9 Å². The summed E-state index contributed by atoms with van der Waals surface area (Å²) in [6, 6.07) is 17.8. The summed E-state index contributed by atoms with van der Waals surface area (Å²) < 4.78 is 0. The number of para-hydroxylation sites is 1. The molecule has 1 fully saturated rings. The molecule has 5 rings (SSSR count). The van der Waals surface area contributed by atoms with Gasteiger partial charge in [0.15, 0.2) is 5.78 Å². The van der Waals surface area contributed by atoms with E-state index in [0.717, 1.165) is 23.2 Å². The molecule has 1 aliphatic carbocycles. The molecule has 0 radical (unpaired) electrons. The molecule has 3 aromatic rings. The van der Waals surface area contributed by atoms with Gasteiger partial charge in [-0.05, 0) is 66.8 Å². The molecule has 5 nitrogen and oxygen atoms in total. The zero-order chi connectivity index (χ0) is 24.9. The second-order valence-corrected chi connectivity index (χ2v) is 11.5. The third-order valence-electron chi connectivity index (χ3n) is 6.86. The van der Waals surface area contributed by atoms with Crippen LogP contribution < -0.4 is 5.32 Å². The quantitative estimate of drug-likeness (QED) is 0.151. The predicted molar refractivity (Wildman–Crippen MR) is 143 cm³/mol. The Balaban J connectivity index is 1.58. The average molecular weight is 548 g/mol. The monoisotopic (exact) mass is 546 g/mol. The van der Waals surface area contributed by atoms with Crippen LogP contribution in [0.1, 0.15) is 46.8 Å². The van der Waals surface area contributed by atoms with Gasteiger partial charge in [0.1, 0.15) is 0 Å². The number of nitro benzene ring substituents is 1. The highest BCUT2D eigenvalue weighted by Crippen LogP contribution is 2.58. The van der Waals surface area contributed by atoms with Crippen LogP contribution in [0, 0.1) is 16.0 Å². The lowest BCUT2D eigenvalue weighted by Crippen LogP contribution is -2.31. The highest BCUT2D eigenvalue weighted by molar-refractivity contribution is 8.00. The Hall–Kier alpha value is -2.25. The van der Waals surface area contributed by atoms with Gasteiger partial charge in [-0.25, -0.2) is 0 Å². The number of carbonyl (C=O) groups excluding carboxylic acids is 1. The third-order valence-corrected chi connectivity index (χ3v) is 9.53. The van der Waals surface area contributed by atoms with Crippen molar-refractivity contribution in [2.24, 2.45) is 5.92 Å². The number of benzene rings is 3. The van der Waals surface area contributed by atoms with Crippen LogP contribution in [0.15, 0.2) is 65.6 Å². The van der Waals surface area contributed by atoms with Gasteiger partial charge in [-0.15, -0.1) is 23.4 Å².